The van der Waals surface area contributed by atoms with Gasteiger partial charge in [0.1, 0.15) is 22.1 Å². The molecular formula is C44H46N4S3. The Labute approximate surface area is 313 Å². The number of fused-ring (bicyclic) bond motifs is 8. The predicted octanol–water partition coefficient (Wildman–Crippen LogP) is 14.1. The molecule has 0 amide bonds. The van der Waals surface area contributed by atoms with Gasteiger partial charge in [-0.15, -0.1) is 22.7 Å². The Kier molecular flexibility index (Phi) is 10.1. The molecule has 0 N–H and O–H groups in total. The molecule has 8 aromatic rings. The van der Waals surface area contributed by atoms with Crippen LogP contribution in [0.15, 0.2) is 72.8 Å². The maximum Gasteiger partial charge on any atom is 0.116 e. The van der Waals surface area contributed by atoms with Crippen LogP contribution in [0.4, 0.5) is 0 Å². The molecule has 2 atom stereocenters. The number of aromatic nitrogens is 4. The molecule has 0 saturated heterocycles. The van der Waals surface area contributed by atoms with Gasteiger partial charge >= 0.3 is 0 Å². The summed E-state index contributed by atoms with van der Waals surface area (Å²) in [6.45, 7) is 9.26. The third kappa shape index (κ3) is 6.47. The van der Waals surface area contributed by atoms with Gasteiger partial charge in [-0.05, 0) is 59.7 Å². The van der Waals surface area contributed by atoms with Gasteiger partial charge in [-0.2, -0.15) is 8.75 Å². The number of nitrogens with zero attached hydrogens (tertiary/aromatic N) is 4. The highest BCUT2D eigenvalue weighted by atomic mass is 32.1. The fraction of sp³-hybridized carbons (Fsp3) is 0.364. The first-order chi connectivity index (χ1) is 25.1. The normalized spacial score (nSPS) is 13.3. The molecule has 0 radical (unpaired) electrons. The van der Waals surface area contributed by atoms with Crippen LogP contribution in [0.5, 0.6) is 0 Å². The standard InChI is InChI=1S/C44H46N4S3/c1-5-9-15-27(7-3)25-29-21-23-35(49-29)37-41-42(46-40-34-20-14-12-18-32(34)31-17-11-13-19-33(31)39(40)45-41)38(44-43(37)47-51-48-44)36-24-22-30(50-36)26-28(8-4)16-10-6-2/h11-14,17-24,27-28H,5-10,15-16,25-26H2,1-4H3. The molecule has 4 aromatic heterocycles. The summed E-state index contributed by atoms with van der Waals surface area (Å²) in [5, 5.41) is 4.68. The number of unbranched alkanes of at least 4 members (excludes halogenated alkanes) is 2. The van der Waals surface area contributed by atoms with Crippen LogP contribution in [0.2, 0.25) is 0 Å². The summed E-state index contributed by atoms with van der Waals surface area (Å²) in [6, 6.07) is 26.6. The third-order valence-electron chi connectivity index (χ3n) is 10.9. The molecule has 0 fully saturated rings. The Hall–Kier alpha value is -3.78. The van der Waals surface area contributed by atoms with Gasteiger partial charge in [0.2, 0.25) is 0 Å². The van der Waals surface area contributed by atoms with Crippen LogP contribution in [0.3, 0.4) is 0 Å². The molecule has 51 heavy (non-hydrogen) atoms. The van der Waals surface area contributed by atoms with E-state index in [2.05, 4.69) is 100 Å². The number of hydrogen-bond donors (Lipinski definition) is 0. The minimum atomic E-state index is 0.710. The quantitative estimate of drug-likeness (QED) is 0.0827. The lowest BCUT2D eigenvalue weighted by Gasteiger charge is -2.15. The number of hydrogen-bond acceptors (Lipinski definition) is 7. The van der Waals surface area contributed by atoms with Crippen LogP contribution in [0.25, 0.3) is 75.5 Å². The van der Waals surface area contributed by atoms with Crippen LogP contribution in [-0.4, -0.2) is 18.7 Å². The van der Waals surface area contributed by atoms with Gasteiger partial charge in [0.25, 0.3) is 0 Å². The van der Waals surface area contributed by atoms with E-state index >= 15 is 0 Å². The topological polar surface area (TPSA) is 51.6 Å². The van der Waals surface area contributed by atoms with Crippen LogP contribution in [-0.2, 0) is 12.8 Å². The van der Waals surface area contributed by atoms with Crippen LogP contribution < -0.4 is 0 Å². The predicted molar refractivity (Wildman–Crippen MR) is 224 cm³/mol. The molecule has 0 aliphatic carbocycles. The summed E-state index contributed by atoms with van der Waals surface area (Å²) in [6.07, 6.45) is 12.3. The van der Waals surface area contributed by atoms with Gasteiger partial charge < -0.3 is 0 Å². The minimum absolute atomic E-state index is 0.710. The van der Waals surface area contributed by atoms with Crippen molar-refractivity contribution < 1.29 is 0 Å². The molecule has 0 saturated carbocycles. The molecule has 0 aliphatic heterocycles. The second kappa shape index (κ2) is 15.1. The molecule has 0 spiro atoms. The average molecular weight is 727 g/mol. The molecule has 0 bridgehead atoms. The fourth-order valence-corrected chi connectivity index (χ4v) is 10.8. The molecule has 8 rings (SSSR count). The van der Waals surface area contributed by atoms with Gasteiger partial charge in [-0.1, -0.05) is 128 Å². The highest BCUT2D eigenvalue weighted by Crippen LogP contribution is 2.47. The highest BCUT2D eigenvalue weighted by Gasteiger charge is 2.26. The third-order valence-corrected chi connectivity index (χ3v) is 13.6. The van der Waals surface area contributed by atoms with Crippen molar-refractivity contribution in [3.63, 3.8) is 0 Å². The molecule has 2 unspecified atom stereocenters. The summed E-state index contributed by atoms with van der Waals surface area (Å²) in [7, 11) is 0. The van der Waals surface area contributed by atoms with E-state index in [1.165, 1.54) is 93.4 Å². The molecule has 4 heterocycles. The van der Waals surface area contributed by atoms with E-state index in [-0.39, 0.29) is 0 Å². The van der Waals surface area contributed by atoms with Gasteiger partial charge in [-0.3, -0.25) is 0 Å². The lowest BCUT2D eigenvalue weighted by molar-refractivity contribution is 0.452. The van der Waals surface area contributed by atoms with Crippen molar-refractivity contribution in [1.82, 2.24) is 18.7 Å². The van der Waals surface area contributed by atoms with Crippen LogP contribution in [0, 0.1) is 11.8 Å². The van der Waals surface area contributed by atoms with Gasteiger partial charge in [0.05, 0.1) is 22.8 Å². The smallest absolute Gasteiger partial charge is 0.116 e. The van der Waals surface area contributed by atoms with Crippen molar-refractivity contribution >= 4 is 89.0 Å². The van der Waals surface area contributed by atoms with E-state index < -0.39 is 0 Å². The van der Waals surface area contributed by atoms with Gasteiger partial charge in [0.15, 0.2) is 0 Å². The van der Waals surface area contributed by atoms with Crippen molar-refractivity contribution in [2.75, 3.05) is 0 Å². The van der Waals surface area contributed by atoms with Gasteiger partial charge in [-0.25, -0.2) is 9.97 Å². The summed E-state index contributed by atoms with van der Waals surface area (Å²) < 4.78 is 10.1. The molecule has 4 aromatic carbocycles. The Balaban J connectivity index is 1.38. The Morgan fingerprint density at radius 1 is 0.490 bits per heavy atom. The van der Waals surface area contributed by atoms with E-state index in [1.807, 2.05) is 22.7 Å². The maximum absolute atomic E-state index is 5.66. The Morgan fingerprint density at radius 2 is 0.922 bits per heavy atom. The van der Waals surface area contributed by atoms with Crippen LogP contribution >= 0.6 is 34.4 Å². The first-order valence-corrected chi connectivity index (χ1v) is 21.3. The molecule has 0 aliphatic rings. The fourth-order valence-electron chi connectivity index (χ4n) is 7.92. The van der Waals surface area contributed by atoms with Crippen molar-refractivity contribution in [1.29, 1.82) is 0 Å². The number of rotatable bonds is 14. The second-order valence-electron chi connectivity index (χ2n) is 14.2. The van der Waals surface area contributed by atoms with Crippen molar-refractivity contribution in [2.45, 2.75) is 91.9 Å². The number of benzene rings is 4. The SMILES string of the molecule is CCCCC(CC)Cc1ccc(-c2c3nsnc3c(-c3ccc(CC(CC)CCCC)s3)c3nc4c5ccccc5c5ccccc5c4nc23)s1. The summed E-state index contributed by atoms with van der Waals surface area (Å²) in [5.74, 6) is 1.42. The van der Waals surface area contributed by atoms with E-state index in [0.29, 0.717) is 11.8 Å². The first kappa shape index (κ1) is 34.3. The minimum Gasteiger partial charge on any atom is -0.243 e. The van der Waals surface area contributed by atoms with Crippen molar-refractivity contribution in [2.24, 2.45) is 11.8 Å². The zero-order chi connectivity index (χ0) is 34.9. The monoisotopic (exact) mass is 726 g/mol. The lowest BCUT2D eigenvalue weighted by atomic mass is 9.95. The number of thiophene rings is 2. The molecule has 4 nitrogen and oxygen atoms in total. The first-order valence-electron chi connectivity index (χ1n) is 19.0. The van der Waals surface area contributed by atoms with Gasteiger partial charge in [0, 0.05) is 41.4 Å². The van der Waals surface area contributed by atoms with E-state index in [9.17, 15) is 0 Å². The zero-order valence-corrected chi connectivity index (χ0v) is 32.6. The van der Waals surface area contributed by atoms with Crippen LogP contribution in [0.1, 0.15) is 88.8 Å². The average Bonchev–Trinajstić information content (AvgIpc) is 3.95. The van der Waals surface area contributed by atoms with E-state index in [4.69, 9.17) is 18.7 Å². The van der Waals surface area contributed by atoms with Crippen molar-refractivity contribution in [3.05, 3.63) is 82.6 Å². The largest absolute Gasteiger partial charge is 0.243 e. The maximum atomic E-state index is 5.66. The molecular weight excluding hydrogens is 681 g/mol. The molecule has 7 heteroatoms. The summed E-state index contributed by atoms with van der Waals surface area (Å²) in [5.41, 5.74) is 7.77. The lowest BCUT2D eigenvalue weighted by Crippen LogP contribution is -2.01. The Morgan fingerprint density at radius 3 is 1.33 bits per heavy atom. The Bertz CT molecular complexity index is 2300. The summed E-state index contributed by atoms with van der Waals surface area (Å²) >= 11 is 5.11. The second-order valence-corrected chi connectivity index (χ2v) is 17.1. The van der Waals surface area contributed by atoms with E-state index in [1.54, 1.807) is 0 Å². The van der Waals surface area contributed by atoms with Crippen molar-refractivity contribution in [3.8, 4) is 20.9 Å². The summed E-state index contributed by atoms with van der Waals surface area (Å²) in [4.78, 5) is 16.6. The molecule has 260 valence electrons. The van der Waals surface area contributed by atoms with E-state index in [0.717, 1.165) is 67.8 Å². The zero-order valence-electron chi connectivity index (χ0n) is 30.2. The highest BCUT2D eigenvalue weighted by molar-refractivity contribution is 7.16.